The third-order valence-electron chi connectivity index (χ3n) is 13.8. The van der Waals surface area contributed by atoms with E-state index in [0.29, 0.717) is 0 Å². The molecule has 0 fully saturated rings. The fourth-order valence-corrected chi connectivity index (χ4v) is 12.1. The van der Waals surface area contributed by atoms with E-state index in [2.05, 4.69) is 242 Å². The molecular weight excluding hydrogens is 793 g/mol. The van der Waals surface area contributed by atoms with Crippen LogP contribution in [0, 0.1) is 0 Å². The first-order chi connectivity index (χ1) is 31.5. The third-order valence-corrected chi connectivity index (χ3v) is 15.1. The van der Waals surface area contributed by atoms with Gasteiger partial charge in [-0.2, -0.15) is 0 Å². The summed E-state index contributed by atoms with van der Waals surface area (Å²) in [5, 5.41) is 7.78. The van der Waals surface area contributed by atoms with E-state index in [9.17, 15) is 0 Å². The monoisotopic (exact) mass is 834 g/mol. The number of aromatic nitrogens is 1. The van der Waals surface area contributed by atoms with E-state index >= 15 is 0 Å². The molecule has 3 heteroatoms. The zero-order valence-corrected chi connectivity index (χ0v) is 36.4. The Bertz CT molecular complexity index is 3760. The maximum absolute atomic E-state index is 2.46. The molecule has 0 amide bonds. The van der Waals surface area contributed by atoms with Crippen molar-refractivity contribution in [1.82, 2.24) is 4.57 Å². The minimum Gasteiger partial charge on any atom is -0.310 e. The standard InChI is InChI=1S/C61H42N2S/c1-61(2)53-23-8-5-20-52(53)58-54(61)24-13-27-57(58)62(44-35-30-41(31-36-44)47-21-12-22-50-51-37-32-40-14-3-4-17-46(40)60(51)64-59(47)50)43-33-28-39(29-34-43)42-15-11-16-45(38-42)63-55-25-9-6-18-48(55)49-19-7-10-26-56(49)63/h3-38H,1-2H3. The molecule has 302 valence electrons. The van der Waals surface area contributed by atoms with E-state index in [1.807, 2.05) is 11.3 Å². The Labute approximate surface area is 376 Å². The minimum absolute atomic E-state index is 0.114. The van der Waals surface area contributed by atoms with Gasteiger partial charge in [-0.3, -0.25) is 0 Å². The molecule has 2 aromatic heterocycles. The van der Waals surface area contributed by atoms with Crippen LogP contribution in [0.25, 0.3) is 91.8 Å². The summed E-state index contributed by atoms with van der Waals surface area (Å²) in [6, 6.07) is 80.7. The summed E-state index contributed by atoms with van der Waals surface area (Å²) in [6.07, 6.45) is 0. The molecule has 0 aliphatic heterocycles. The van der Waals surface area contributed by atoms with Gasteiger partial charge < -0.3 is 9.47 Å². The van der Waals surface area contributed by atoms with Crippen molar-refractivity contribution in [3.05, 3.63) is 230 Å². The molecule has 1 aliphatic rings. The Kier molecular flexibility index (Phi) is 8.16. The molecule has 0 N–H and O–H groups in total. The SMILES string of the molecule is CC1(C)c2ccccc2-c2c(N(c3ccc(-c4cccc(-n5c6ccccc6c6ccccc65)c4)cc3)c3ccc(-c4cccc5c4sc4c6ccccc6ccc54)cc3)cccc21. The second kappa shape index (κ2) is 14.2. The normalized spacial score (nSPS) is 13.0. The van der Waals surface area contributed by atoms with Crippen LogP contribution in [0.3, 0.4) is 0 Å². The fourth-order valence-electron chi connectivity index (χ4n) is 10.7. The molecular formula is C61H42N2S. The highest BCUT2D eigenvalue weighted by molar-refractivity contribution is 7.27. The lowest BCUT2D eigenvalue weighted by molar-refractivity contribution is 0.660. The summed E-state index contributed by atoms with van der Waals surface area (Å²) < 4.78 is 5.08. The molecule has 12 aromatic rings. The Balaban J connectivity index is 0.934. The van der Waals surface area contributed by atoms with Crippen molar-refractivity contribution < 1.29 is 0 Å². The molecule has 2 nitrogen and oxygen atoms in total. The first-order valence-electron chi connectivity index (χ1n) is 22.2. The predicted octanol–water partition coefficient (Wildman–Crippen LogP) is 17.4. The first-order valence-corrected chi connectivity index (χ1v) is 23.0. The molecule has 0 radical (unpaired) electrons. The minimum atomic E-state index is -0.114. The number of hydrogen-bond donors (Lipinski definition) is 0. The van der Waals surface area contributed by atoms with E-state index < -0.39 is 0 Å². The lowest BCUT2D eigenvalue weighted by Crippen LogP contribution is -2.16. The van der Waals surface area contributed by atoms with Crippen molar-refractivity contribution >= 4 is 81.1 Å². The summed E-state index contributed by atoms with van der Waals surface area (Å²) in [5.74, 6) is 0. The topological polar surface area (TPSA) is 8.17 Å². The van der Waals surface area contributed by atoms with E-state index in [1.54, 1.807) is 0 Å². The highest BCUT2D eigenvalue weighted by Crippen LogP contribution is 2.54. The van der Waals surface area contributed by atoms with Crippen LogP contribution in [-0.2, 0) is 5.41 Å². The summed E-state index contributed by atoms with van der Waals surface area (Å²) in [4.78, 5) is 2.46. The molecule has 64 heavy (non-hydrogen) atoms. The van der Waals surface area contributed by atoms with Crippen LogP contribution >= 0.6 is 11.3 Å². The lowest BCUT2D eigenvalue weighted by atomic mass is 9.82. The first kappa shape index (κ1) is 36.9. The number of fused-ring (bicyclic) bond motifs is 11. The van der Waals surface area contributed by atoms with Crippen LogP contribution in [0.5, 0.6) is 0 Å². The summed E-state index contributed by atoms with van der Waals surface area (Å²) >= 11 is 1.91. The van der Waals surface area contributed by atoms with E-state index in [4.69, 9.17) is 0 Å². The maximum Gasteiger partial charge on any atom is 0.0543 e. The van der Waals surface area contributed by atoms with Crippen LogP contribution in [0.4, 0.5) is 17.1 Å². The van der Waals surface area contributed by atoms with Crippen molar-refractivity contribution in [3.63, 3.8) is 0 Å². The number of rotatable bonds is 6. The van der Waals surface area contributed by atoms with Crippen LogP contribution in [-0.4, -0.2) is 4.57 Å². The quantitative estimate of drug-likeness (QED) is 0.162. The summed E-state index contributed by atoms with van der Waals surface area (Å²) in [6.45, 7) is 4.72. The predicted molar refractivity (Wildman–Crippen MR) is 274 cm³/mol. The number of benzene rings is 10. The van der Waals surface area contributed by atoms with Gasteiger partial charge in [0.05, 0.1) is 16.7 Å². The van der Waals surface area contributed by atoms with Crippen LogP contribution < -0.4 is 4.90 Å². The number of anilines is 3. The van der Waals surface area contributed by atoms with E-state index in [-0.39, 0.29) is 5.41 Å². The van der Waals surface area contributed by atoms with Gasteiger partial charge in [0.25, 0.3) is 0 Å². The smallest absolute Gasteiger partial charge is 0.0543 e. The van der Waals surface area contributed by atoms with Crippen LogP contribution in [0.15, 0.2) is 218 Å². The summed E-state index contributed by atoms with van der Waals surface area (Å²) in [5.41, 5.74) is 17.1. The molecule has 10 aromatic carbocycles. The number of thiophene rings is 1. The fraction of sp³-hybridized carbons (Fsp3) is 0.0492. The van der Waals surface area contributed by atoms with Crippen LogP contribution in [0.1, 0.15) is 25.0 Å². The molecule has 13 rings (SSSR count). The van der Waals surface area contributed by atoms with Crippen molar-refractivity contribution in [1.29, 1.82) is 0 Å². The second-order valence-corrected chi connectivity index (χ2v) is 18.7. The van der Waals surface area contributed by atoms with Crippen LogP contribution in [0.2, 0.25) is 0 Å². The molecule has 1 aliphatic carbocycles. The van der Waals surface area contributed by atoms with Gasteiger partial charge in [-0.25, -0.2) is 0 Å². The number of nitrogens with zero attached hydrogens (tertiary/aromatic N) is 2. The molecule has 0 saturated carbocycles. The van der Waals surface area contributed by atoms with Crippen molar-refractivity contribution in [2.45, 2.75) is 19.3 Å². The number of hydrogen-bond acceptors (Lipinski definition) is 2. The summed E-state index contributed by atoms with van der Waals surface area (Å²) in [7, 11) is 0. The molecule has 0 bridgehead atoms. The van der Waals surface area contributed by atoms with E-state index in [0.717, 1.165) is 17.1 Å². The molecule has 0 unspecified atom stereocenters. The lowest BCUT2D eigenvalue weighted by Gasteiger charge is -2.29. The van der Waals surface area contributed by atoms with Crippen molar-refractivity contribution in [2.75, 3.05) is 4.90 Å². The largest absolute Gasteiger partial charge is 0.310 e. The molecule has 0 saturated heterocycles. The zero-order chi connectivity index (χ0) is 42.5. The Morgan fingerprint density at radius 1 is 0.406 bits per heavy atom. The molecule has 2 heterocycles. The average Bonchev–Trinajstić information content (AvgIpc) is 3.98. The third kappa shape index (κ3) is 5.51. The van der Waals surface area contributed by atoms with Gasteiger partial charge in [0, 0.05) is 59.0 Å². The van der Waals surface area contributed by atoms with Crippen molar-refractivity contribution in [2.24, 2.45) is 0 Å². The zero-order valence-electron chi connectivity index (χ0n) is 35.6. The average molecular weight is 835 g/mol. The van der Waals surface area contributed by atoms with Gasteiger partial charge in [0.2, 0.25) is 0 Å². The number of para-hydroxylation sites is 2. The molecule has 0 spiro atoms. The van der Waals surface area contributed by atoms with Gasteiger partial charge in [-0.1, -0.05) is 178 Å². The highest BCUT2D eigenvalue weighted by atomic mass is 32.1. The Hall–Kier alpha value is -7.72. The second-order valence-electron chi connectivity index (χ2n) is 17.7. The van der Waals surface area contributed by atoms with Gasteiger partial charge in [0.15, 0.2) is 0 Å². The molecule has 0 atom stereocenters. The maximum atomic E-state index is 2.46. The van der Waals surface area contributed by atoms with Crippen molar-refractivity contribution in [3.8, 4) is 39.1 Å². The van der Waals surface area contributed by atoms with Gasteiger partial charge >= 0.3 is 0 Å². The van der Waals surface area contributed by atoms with Gasteiger partial charge in [-0.05, 0) is 104 Å². The van der Waals surface area contributed by atoms with Gasteiger partial charge in [0.1, 0.15) is 0 Å². The Morgan fingerprint density at radius 2 is 0.984 bits per heavy atom. The van der Waals surface area contributed by atoms with E-state index in [1.165, 1.54) is 103 Å². The van der Waals surface area contributed by atoms with Gasteiger partial charge in [-0.15, -0.1) is 11.3 Å². The Morgan fingerprint density at radius 3 is 1.75 bits per heavy atom. The highest BCUT2D eigenvalue weighted by Gasteiger charge is 2.37.